The van der Waals surface area contributed by atoms with Gasteiger partial charge in [0.25, 0.3) is 5.91 Å². The smallest absolute Gasteiger partial charge is 0.410 e. The second-order valence-electron chi connectivity index (χ2n) is 10.5. The number of carbonyl (C=O) groups excluding carboxylic acids is 2. The lowest BCUT2D eigenvalue weighted by Gasteiger charge is -2.35. The lowest BCUT2D eigenvalue weighted by molar-refractivity contribution is 0.0141. The van der Waals surface area contributed by atoms with Crippen LogP contribution in [0.5, 0.6) is 5.75 Å². The maximum Gasteiger partial charge on any atom is 0.410 e. The predicted octanol–water partition coefficient (Wildman–Crippen LogP) is 6.61. The summed E-state index contributed by atoms with van der Waals surface area (Å²) in [4.78, 5) is 33.0. The molecule has 3 aromatic rings. The lowest BCUT2D eigenvalue weighted by Crippen LogP contribution is -2.51. The molecule has 1 atom stereocenters. The van der Waals surface area contributed by atoms with Gasteiger partial charge in [-0.2, -0.15) is 0 Å². The summed E-state index contributed by atoms with van der Waals surface area (Å²) in [5.74, 6) is -0.288. The number of ether oxygens (including phenoxy) is 2. The van der Waals surface area contributed by atoms with E-state index in [0.717, 1.165) is 5.56 Å². The van der Waals surface area contributed by atoms with Crippen LogP contribution >= 0.6 is 23.2 Å². The van der Waals surface area contributed by atoms with Crippen LogP contribution in [0.1, 0.15) is 49.7 Å². The maximum absolute atomic E-state index is 14.0. The van der Waals surface area contributed by atoms with Gasteiger partial charge in [0.15, 0.2) is 11.6 Å². The molecule has 2 amide bonds. The average Bonchev–Trinajstić information content (AvgIpc) is 2.91. The highest BCUT2D eigenvalue weighted by Gasteiger charge is 2.28. The Bertz CT molecular complexity index is 1400. The van der Waals surface area contributed by atoms with E-state index in [0.29, 0.717) is 42.9 Å². The van der Waals surface area contributed by atoms with Gasteiger partial charge in [-0.3, -0.25) is 4.79 Å². The number of halogens is 3. The second-order valence-corrected chi connectivity index (χ2v) is 11.2. The first-order valence-electron chi connectivity index (χ1n) is 12.8. The van der Waals surface area contributed by atoms with Crippen molar-refractivity contribution in [1.29, 1.82) is 0 Å². The molecule has 1 aromatic heterocycles. The fraction of sp³-hybridized carbons (Fsp3) is 0.345. The number of rotatable bonds is 5. The third-order valence-corrected chi connectivity index (χ3v) is 7.07. The molecule has 2 aromatic carbocycles. The molecule has 0 saturated carbocycles. The van der Waals surface area contributed by atoms with E-state index in [1.807, 2.05) is 32.9 Å². The maximum atomic E-state index is 14.0. The molecule has 2 N–H and O–H groups in total. The Morgan fingerprint density at radius 1 is 1.00 bits per heavy atom. The van der Waals surface area contributed by atoms with Gasteiger partial charge >= 0.3 is 6.09 Å². The Balaban J connectivity index is 1.43. The number of nitrogens with two attached hydrogens (primary N) is 1. The van der Waals surface area contributed by atoms with Crippen molar-refractivity contribution in [2.45, 2.75) is 39.4 Å². The summed E-state index contributed by atoms with van der Waals surface area (Å²) in [6, 6.07) is 11.4. The van der Waals surface area contributed by atoms with Crippen LogP contribution in [0.25, 0.3) is 11.1 Å². The van der Waals surface area contributed by atoms with Crippen molar-refractivity contribution < 1.29 is 23.5 Å². The number of amides is 2. The Hall–Kier alpha value is -3.56. The molecule has 40 heavy (non-hydrogen) atoms. The van der Waals surface area contributed by atoms with Gasteiger partial charge in [-0.05, 0) is 63.6 Å². The van der Waals surface area contributed by atoms with Crippen LogP contribution in [-0.2, 0) is 4.74 Å². The van der Waals surface area contributed by atoms with Gasteiger partial charge in [-0.25, -0.2) is 14.2 Å². The summed E-state index contributed by atoms with van der Waals surface area (Å²) in [6.07, 6.45) is 0.522. The van der Waals surface area contributed by atoms with Crippen LogP contribution in [0.3, 0.4) is 0 Å². The number of hydrogen-bond donors (Lipinski definition) is 1. The normalized spacial score (nSPS) is 14.6. The molecule has 0 radical (unpaired) electrons. The Kier molecular flexibility index (Phi) is 8.75. The van der Waals surface area contributed by atoms with Crippen molar-refractivity contribution >= 4 is 41.0 Å². The first kappa shape index (κ1) is 29.4. The SMILES string of the molecule is C[C@@H](Oc1cc(-c2ccc(C(=O)N3CCN(C(=O)OC(C)(C)C)CC3)cc2)cnc1N)c1c(Cl)ccc(F)c1Cl. The highest BCUT2D eigenvalue weighted by Crippen LogP contribution is 2.37. The molecule has 0 spiro atoms. The molecule has 11 heteroatoms. The minimum atomic E-state index is -0.703. The van der Waals surface area contributed by atoms with E-state index in [1.54, 1.807) is 41.1 Å². The van der Waals surface area contributed by atoms with Gasteiger partial charge in [0, 0.05) is 54.1 Å². The number of piperazine rings is 1. The third-order valence-electron chi connectivity index (χ3n) is 6.36. The highest BCUT2D eigenvalue weighted by atomic mass is 35.5. The van der Waals surface area contributed by atoms with Crippen molar-refractivity contribution in [1.82, 2.24) is 14.8 Å². The number of aromatic nitrogens is 1. The van der Waals surface area contributed by atoms with Crippen LogP contribution in [0, 0.1) is 5.82 Å². The van der Waals surface area contributed by atoms with Crippen LogP contribution in [0.15, 0.2) is 48.7 Å². The highest BCUT2D eigenvalue weighted by molar-refractivity contribution is 6.36. The van der Waals surface area contributed by atoms with E-state index in [1.165, 1.54) is 12.1 Å². The monoisotopic (exact) mass is 588 g/mol. The van der Waals surface area contributed by atoms with Crippen LogP contribution in [0.2, 0.25) is 10.0 Å². The molecule has 4 rings (SSSR count). The largest absolute Gasteiger partial charge is 0.482 e. The van der Waals surface area contributed by atoms with Gasteiger partial charge in [-0.1, -0.05) is 35.3 Å². The first-order valence-corrected chi connectivity index (χ1v) is 13.5. The molecule has 1 saturated heterocycles. The van der Waals surface area contributed by atoms with Crippen LogP contribution in [-0.4, -0.2) is 58.6 Å². The molecule has 8 nitrogen and oxygen atoms in total. The Labute approximate surface area is 242 Å². The number of anilines is 1. The number of nitrogen functional groups attached to an aromatic ring is 1. The average molecular weight is 589 g/mol. The van der Waals surface area contributed by atoms with E-state index >= 15 is 0 Å². The van der Waals surface area contributed by atoms with Gasteiger partial charge in [0.1, 0.15) is 17.5 Å². The number of carbonyl (C=O) groups is 2. The van der Waals surface area contributed by atoms with Crippen molar-refractivity contribution in [2.24, 2.45) is 0 Å². The van der Waals surface area contributed by atoms with Crippen LogP contribution in [0.4, 0.5) is 15.0 Å². The van der Waals surface area contributed by atoms with E-state index in [4.69, 9.17) is 38.4 Å². The number of hydrogen-bond acceptors (Lipinski definition) is 6. The predicted molar refractivity (Wildman–Crippen MR) is 153 cm³/mol. The van der Waals surface area contributed by atoms with Gasteiger partial charge < -0.3 is 25.0 Å². The second kappa shape index (κ2) is 11.9. The summed E-state index contributed by atoms with van der Waals surface area (Å²) < 4.78 is 25.4. The zero-order chi connectivity index (χ0) is 29.2. The molecule has 2 heterocycles. The van der Waals surface area contributed by atoms with Gasteiger partial charge in [-0.15, -0.1) is 0 Å². The number of pyridine rings is 1. The number of benzene rings is 2. The summed E-state index contributed by atoms with van der Waals surface area (Å²) in [5.41, 5.74) is 7.81. The van der Waals surface area contributed by atoms with E-state index in [-0.39, 0.29) is 33.6 Å². The standard InChI is InChI=1S/C29H31Cl2FN4O4/c1-17(24-21(30)9-10-22(32)25(24)31)39-23-15-20(16-34-26(23)33)18-5-7-19(8-6-18)27(37)35-11-13-36(14-12-35)28(38)40-29(2,3)4/h5-10,15-17H,11-14H2,1-4H3,(H2,33,34)/t17-/m1/s1. The summed E-state index contributed by atoms with van der Waals surface area (Å²) in [5, 5.41) is 0.155. The van der Waals surface area contributed by atoms with E-state index in [2.05, 4.69) is 4.98 Å². The zero-order valence-corrected chi connectivity index (χ0v) is 24.2. The van der Waals surface area contributed by atoms with Crippen LogP contribution < -0.4 is 10.5 Å². The molecule has 0 aliphatic carbocycles. The third kappa shape index (κ3) is 6.77. The molecular weight excluding hydrogens is 558 g/mol. The van der Waals surface area contributed by atoms with Crippen molar-refractivity contribution in [3.63, 3.8) is 0 Å². The Morgan fingerprint density at radius 2 is 1.62 bits per heavy atom. The number of nitrogens with zero attached hydrogens (tertiary/aromatic N) is 3. The topological polar surface area (TPSA) is 98.0 Å². The van der Waals surface area contributed by atoms with Gasteiger partial charge in [0.05, 0.1) is 5.02 Å². The fourth-order valence-electron chi connectivity index (χ4n) is 4.28. The summed E-state index contributed by atoms with van der Waals surface area (Å²) in [6.45, 7) is 8.80. The zero-order valence-electron chi connectivity index (χ0n) is 22.7. The van der Waals surface area contributed by atoms with Crippen molar-refractivity contribution in [3.8, 4) is 16.9 Å². The summed E-state index contributed by atoms with van der Waals surface area (Å²) in [7, 11) is 0. The molecule has 0 bridgehead atoms. The molecular formula is C29H31Cl2FN4O4. The quantitative estimate of drug-likeness (QED) is 0.337. The molecule has 1 aliphatic heterocycles. The van der Waals surface area contributed by atoms with Crippen molar-refractivity contribution in [3.05, 3.63) is 75.7 Å². The summed E-state index contributed by atoms with van der Waals surface area (Å²) >= 11 is 12.4. The molecule has 1 fully saturated rings. The van der Waals surface area contributed by atoms with E-state index in [9.17, 15) is 14.0 Å². The fourth-order valence-corrected chi connectivity index (χ4v) is 4.96. The van der Waals surface area contributed by atoms with Crippen molar-refractivity contribution in [2.75, 3.05) is 31.9 Å². The minimum Gasteiger partial charge on any atom is -0.482 e. The Morgan fingerprint density at radius 3 is 2.25 bits per heavy atom. The lowest BCUT2D eigenvalue weighted by atomic mass is 10.0. The van der Waals surface area contributed by atoms with Gasteiger partial charge in [0.2, 0.25) is 0 Å². The molecule has 1 aliphatic rings. The first-order chi connectivity index (χ1) is 18.8. The minimum absolute atomic E-state index is 0.116. The van der Waals surface area contributed by atoms with E-state index < -0.39 is 17.5 Å². The molecule has 0 unspecified atom stereocenters. The molecule has 212 valence electrons.